The second-order valence-corrected chi connectivity index (χ2v) is 5.12. The lowest BCUT2D eigenvalue weighted by atomic mass is 9.91. The van der Waals surface area contributed by atoms with Gasteiger partial charge in [0.15, 0.2) is 0 Å². The highest BCUT2D eigenvalue weighted by Crippen LogP contribution is 2.33. The Morgan fingerprint density at radius 1 is 1.33 bits per heavy atom. The first kappa shape index (κ1) is 13.7. The van der Waals surface area contributed by atoms with E-state index >= 15 is 0 Å². The Bertz CT molecular complexity index is 562. The van der Waals surface area contributed by atoms with Gasteiger partial charge >= 0.3 is 0 Å². The number of nitrogen functional groups attached to an aromatic ring is 1. The number of hydrogen-bond donors (Lipinski definition) is 1. The number of likely N-dealkylation sites (N-methyl/N-ethyl adjacent to an activating group) is 1. The second-order valence-electron chi connectivity index (χ2n) is 5.12. The number of benzene rings is 1. The number of anilines is 1. The molecular formula is C14H19IN2O. The van der Waals surface area contributed by atoms with E-state index < -0.39 is 0 Å². The Kier molecular flexibility index (Phi) is 3.87. The van der Waals surface area contributed by atoms with Gasteiger partial charge < -0.3 is 15.1 Å². The van der Waals surface area contributed by atoms with Crippen molar-refractivity contribution in [3.63, 3.8) is 0 Å². The molecule has 0 saturated carbocycles. The van der Waals surface area contributed by atoms with Crippen molar-refractivity contribution in [2.45, 2.75) is 25.3 Å². The molecule has 0 spiro atoms. The van der Waals surface area contributed by atoms with E-state index in [-0.39, 0.29) is 24.0 Å². The van der Waals surface area contributed by atoms with Crippen molar-refractivity contribution in [1.29, 1.82) is 0 Å². The molecule has 98 valence electrons. The van der Waals surface area contributed by atoms with Crippen LogP contribution in [-0.2, 0) is 12.8 Å². The average molecular weight is 358 g/mol. The summed E-state index contributed by atoms with van der Waals surface area (Å²) in [6.07, 6.45) is 3.28. The Labute approximate surface area is 124 Å². The van der Waals surface area contributed by atoms with E-state index in [9.17, 15) is 0 Å². The number of furan rings is 1. The lowest BCUT2D eigenvalue weighted by Gasteiger charge is -2.27. The average Bonchev–Trinajstić information content (AvgIpc) is 2.66. The molecule has 0 radical (unpaired) electrons. The van der Waals surface area contributed by atoms with Crippen LogP contribution in [0.2, 0.25) is 0 Å². The highest BCUT2D eigenvalue weighted by atomic mass is 127. The third-order valence-corrected chi connectivity index (χ3v) is 3.77. The first-order valence-electron chi connectivity index (χ1n) is 6.11. The summed E-state index contributed by atoms with van der Waals surface area (Å²) in [5.41, 5.74) is 9.01. The van der Waals surface area contributed by atoms with Gasteiger partial charge in [0.2, 0.25) is 0 Å². The molecular weight excluding hydrogens is 339 g/mol. The van der Waals surface area contributed by atoms with Gasteiger partial charge in [0.1, 0.15) is 11.3 Å². The molecule has 18 heavy (non-hydrogen) atoms. The van der Waals surface area contributed by atoms with Crippen molar-refractivity contribution in [1.82, 2.24) is 4.90 Å². The summed E-state index contributed by atoms with van der Waals surface area (Å²) in [7, 11) is 4.29. The molecule has 1 aromatic heterocycles. The largest absolute Gasteiger partial charge is 0.461 e. The maximum absolute atomic E-state index is 5.90. The molecule has 2 N–H and O–H groups in total. The van der Waals surface area contributed by atoms with E-state index in [4.69, 9.17) is 10.2 Å². The minimum atomic E-state index is 0. The van der Waals surface area contributed by atoms with Gasteiger partial charge in [0.25, 0.3) is 0 Å². The Morgan fingerprint density at radius 2 is 2.11 bits per heavy atom. The number of nitrogens with two attached hydrogens (primary N) is 1. The van der Waals surface area contributed by atoms with Crippen LogP contribution in [0.25, 0.3) is 11.0 Å². The molecule has 0 bridgehead atoms. The van der Waals surface area contributed by atoms with Crippen LogP contribution in [0.4, 0.5) is 5.69 Å². The summed E-state index contributed by atoms with van der Waals surface area (Å²) in [6.45, 7) is 0. The van der Waals surface area contributed by atoms with Crippen LogP contribution in [0.5, 0.6) is 0 Å². The molecule has 0 saturated heterocycles. The van der Waals surface area contributed by atoms with Gasteiger partial charge in [-0.15, -0.1) is 24.0 Å². The fourth-order valence-corrected chi connectivity index (χ4v) is 2.72. The zero-order chi connectivity index (χ0) is 12.0. The fourth-order valence-electron chi connectivity index (χ4n) is 2.72. The SMILES string of the molecule is CN(C)C1CCc2oc3ccc(N)cc3c2C1.I. The van der Waals surface area contributed by atoms with Crippen molar-refractivity contribution in [2.75, 3.05) is 19.8 Å². The van der Waals surface area contributed by atoms with E-state index in [1.54, 1.807) is 0 Å². The second kappa shape index (κ2) is 5.09. The predicted octanol–water partition coefficient (Wildman–Crippen LogP) is 3.05. The zero-order valence-corrected chi connectivity index (χ0v) is 13.1. The number of fused-ring (bicyclic) bond motifs is 3. The molecule has 0 fully saturated rings. The van der Waals surface area contributed by atoms with Crippen molar-refractivity contribution in [3.8, 4) is 0 Å². The lowest BCUT2D eigenvalue weighted by Crippen LogP contribution is -2.33. The monoisotopic (exact) mass is 358 g/mol. The van der Waals surface area contributed by atoms with Crippen LogP contribution in [0.1, 0.15) is 17.7 Å². The summed E-state index contributed by atoms with van der Waals surface area (Å²) in [4.78, 5) is 2.30. The molecule has 4 heteroatoms. The molecule has 1 unspecified atom stereocenters. The van der Waals surface area contributed by atoms with Crippen LogP contribution in [-0.4, -0.2) is 25.0 Å². The van der Waals surface area contributed by atoms with Gasteiger partial charge in [-0.2, -0.15) is 0 Å². The lowest BCUT2D eigenvalue weighted by molar-refractivity contribution is 0.261. The van der Waals surface area contributed by atoms with Crippen molar-refractivity contribution in [2.24, 2.45) is 0 Å². The van der Waals surface area contributed by atoms with E-state index in [1.807, 2.05) is 18.2 Å². The van der Waals surface area contributed by atoms with Gasteiger partial charge in [-0.05, 0) is 45.1 Å². The molecule has 2 aromatic rings. The van der Waals surface area contributed by atoms with E-state index in [2.05, 4.69) is 19.0 Å². The smallest absolute Gasteiger partial charge is 0.134 e. The van der Waals surface area contributed by atoms with Gasteiger partial charge in [0.05, 0.1) is 0 Å². The van der Waals surface area contributed by atoms with E-state index in [0.717, 1.165) is 29.9 Å². The molecule has 1 heterocycles. The highest BCUT2D eigenvalue weighted by Gasteiger charge is 2.25. The van der Waals surface area contributed by atoms with Gasteiger partial charge in [-0.25, -0.2) is 0 Å². The minimum absolute atomic E-state index is 0. The summed E-state index contributed by atoms with van der Waals surface area (Å²) in [5.74, 6) is 1.16. The van der Waals surface area contributed by atoms with E-state index in [0.29, 0.717) is 6.04 Å². The predicted molar refractivity (Wildman–Crippen MR) is 85.5 cm³/mol. The van der Waals surface area contributed by atoms with Crippen LogP contribution in [0, 0.1) is 0 Å². The van der Waals surface area contributed by atoms with Gasteiger partial charge in [-0.3, -0.25) is 0 Å². The summed E-state index contributed by atoms with van der Waals surface area (Å²) in [6, 6.07) is 6.54. The molecule has 0 amide bonds. The third-order valence-electron chi connectivity index (χ3n) is 3.77. The Hall–Kier alpha value is -0.750. The molecule has 3 rings (SSSR count). The topological polar surface area (TPSA) is 42.4 Å². The van der Waals surface area contributed by atoms with Crippen LogP contribution < -0.4 is 5.73 Å². The number of aryl methyl sites for hydroxylation is 1. The van der Waals surface area contributed by atoms with Crippen LogP contribution in [0.3, 0.4) is 0 Å². The molecule has 1 aliphatic carbocycles. The first-order valence-corrected chi connectivity index (χ1v) is 6.11. The number of halogens is 1. The zero-order valence-electron chi connectivity index (χ0n) is 10.8. The first-order chi connectivity index (χ1) is 8.15. The molecule has 0 aliphatic heterocycles. The highest BCUT2D eigenvalue weighted by molar-refractivity contribution is 14.0. The number of rotatable bonds is 1. The van der Waals surface area contributed by atoms with Crippen molar-refractivity contribution in [3.05, 3.63) is 29.5 Å². The molecule has 3 nitrogen and oxygen atoms in total. The quantitative estimate of drug-likeness (QED) is 0.630. The molecule has 1 aliphatic rings. The summed E-state index contributed by atoms with van der Waals surface area (Å²) >= 11 is 0. The maximum atomic E-state index is 5.90. The summed E-state index contributed by atoms with van der Waals surface area (Å²) in [5, 5.41) is 1.20. The fraction of sp³-hybridized carbons (Fsp3) is 0.429. The Balaban J connectivity index is 0.00000120. The normalized spacial score (nSPS) is 18.7. The summed E-state index contributed by atoms with van der Waals surface area (Å²) < 4.78 is 5.90. The van der Waals surface area contributed by atoms with Gasteiger partial charge in [-0.1, -0.05) is 0 Å². The molecule has 1 atom stereocenters. The maximum Gasteiger partial charge on any atom is 0.134 e. The standard InChI is InChI=1S/C14H18N2O.HI/c1-16(2)10-4-6-14-12(8-10)11-7-9(15)3-5-13(11)17-14;/h3,5,7,10H,4,6,8,15H2,1-2H3;1H. The van der Waals surface area contributed by atoms with Crippen molar-refractivity contribution >= 4 is 40.6 Å². The minimum Gasteiger partial charge on any atom is -0.461 e. The number of hydrogen-bond acceptors (Lipinski definition) is 3. The van der Waals surface area contributed by atoms with Crippen LogP contribution in [0.15, 0.2) is 22.6 Å². The van der Waals surface area contributed by atoms with E-state index in [1.165, 1.54) is 17.4 Å². The van der Waals surface area contributed by atoms with Crippen molar-refractivity contribution < 1.29 is 4.42 Å². The Morgan fingerprint density at radius 3 is 2.83 bits per heavy atom. The third kappa shape index (κ3) is 2.23. The van der Waals surface area contributed by atoms with Crippen LogP contribution >= 0.6 is 24.0 Å². The number of nitrogens with zero attached hydrogens (tertiary/aromatic N) is 1. The molecule has 1 aromatic carbocycles. The van der Waals surface area contributed by atoms with Gasteiger partial charge in [0, 0.05) is 29.1 Å².